The van der Waals surface area contributed by atoms with E-state index in [1.165, 1.54) is 11.3 Å². The third-order valence-electron chi connectivity index (χ3n) is 4.69. The number of thiophene rings is 1. The van der Waals surface area contributed by atoms with Gasteiger partial charge < -0.3 is 24.0 Å². The van der Waals surface area contributed by atoms with Gasteiger partial charge in [0.15, 0.2) is 11.5 Å². The summed E-state index contributed by atoms with van der Waals surface area (Å²) in [5.74, 6) is 1.81. The van der Waals surface area contributed by atoms with Gasteiger partial charge in [-0.15, -0.1) is 11.3 Å². The first-order valence-electron chi connectivity index (χ1n) is 8.77. The molecule has 7 nitrogen and oxygen atoms in total. The van der Waals surface area contributed by atoms with E-state index in [4.69, 9.17) is 14.2 Å². The van der Waals surface area contributed by atoms with Gasteiger partial charge in [0.2, 0.25) is 0 Å². The first-order valence-corrected chi connectivity index (χ1v) is 9.65. The number of methoxy groups -OCH3 is 1. The van der Waals surface area contributed by atoms with Crippen molar-refractivity contribution < 1.29 is 23.8 Å². The van der Waals surface area contributed by atoms with Crippen LogP contribution in [0.1, 0.15) is 20.0 Å². The minimum absolute atomic E-state index is 0.0324. The predicted molar refractivity (Wildman–Crippen MR) is 100 cm³/mol. The first-order chi connectivity index (χ1) is 13.2. The minimum Gasteiger partial charge on any atom is -0.497 e. The van der Waals surface area contributed by atoms with Crippen molar-refractivity contribution in [2.75, 3.05) is 46.5 Å². The van der Waals surface area contributed by atoms with Crippen molar-refractivity contribution in [3.05, 3.63) is 40.1 Å². The average Bonchev–Trinajstić information content (AvgIpc) is 3.17. The lowest BCUT2D eigenvalue weighted by Gasteiger charge is -2.34. The number of amides is 2. The van der Waals surface area contributed by atoms with Crippen molar-refractivity contribution in [2.45, 2.75) is 0 Å². The molecule has 0 radical (unpaired) electrons. The average molecular weight is 388 g/mol. The molecule has 2 amide bonds. The molecule has 1 saturated heterocycles. The smallest absolute Gasteiger partial charge is 0.268 e. The molecule has 4 rings (SSSR count). The Morgan fingerprint density at radius 2 is 1.59 bits per heavy atom. The quantitative estimate of drug-likeness (QED) is 0.806. The third-order valence-corrected chi connectivity index (χ3v) is 5.61. The Kier molecular flexibility index (Phi) is 4.89. The zero-order valence-corrected chi connectivity index (χ0v) is 15.8. The molecular weight excluding hydrogens is 368 g/mol. The lowest BCUT2D eigenvalue weighted by atomic mass is 10.1. The summed E-state index contributed by atoms with van der Waals surface area (Å²) >= 11 is 1.34. The largest absolute Gasteiger partial charge is 0.497 e. The number of fused-ring (bicyclic) bond motifs is 1. The standard InChI is InChI=1S/C19H20N2O5S/c1-24-14-4-2-13(3-5-14)18(22)20-6-8-21(9-7-20)19(23)17-16-15(12-27-17)25-10-11-26-16/h2-5,12H,6-11H2,1H3. The molecule has 3 heterocycles. The van der Waals surface area contributed by atoms with Gasteiger partial charge in [-0.3, -0.25) is 9.59 Å². The number of rotatable bonds is 3. The summed E-state index contributed by atoms with van der Waals surface area (Å²) < 4.78 is 16.2. The number of hydrogen-bond acceptors (Lipinski definition) is 6. The fraction of sp³-hybridized carbons (Fsp3) is 0.368. The van der Waals surface area contributed by atoms with Gasteiger partial charge in [0.1, 0.15) is 23.8 Å². The summed E-state index contributed by atoms with van der Waals surface area (Å²) in [6.07, 6.45) is 0. The molecule has 1 fully saturated rings. The van der Waals surface area contributed by atoms with Crippen LogP contribution in [0.25, 0.3) is 0 Å². The molecule has 1 aromatic heterocycles. The normalized spacial score (nSPS) is 16.2. The van der Waals surface area contributed by atoms with Gasteiger partial charge >= 0.3 is 0 Å². The fourth-order valence-corrected chi connectivity index (χ4v) is 4.08. The number of ether oxygens (including phenoxy) is 3. The fourth-order valence-electron chi connectivity index (χ4n) is 3.18. The molecule has 2 aliphatic heterocycles. The topological polar surface area (TPSA) is 68.3 Å². The van der Waals surface area contributed by atoms with E-state index in [-0.39, 0.29) is 11.8 Å². The van der Waals surface area contributed by atoms with Crippen LogP contribution in [0.3, 0.4) is 0 Å². The highest BCUT2D eigenvalue weighted by molar-refractivity contribution is 7.12. The van der Waals surface area contributed by atoms with Gasteiger partial charge in [-0.05, 0) is 24.3 Å². The van der Waals surface area contributed by atoms with Gasteiger partial charge in [0, 0.05) is 37.1 Å². The van der Waals surface area contributed by atoms with E-state index in [0.717, 1.165) is 0 Å². The Morgan fingerprint density at radius 1 is 0.963 bits per heavy atom. The summed E-state index contributed by atoms with van der Waals surface area (Å²) in [6.45, 7) is 2.95. The SMILES string of the molecule is COc1ccc(C(=O)N2CCN(C(=O)c3scc4c3OCCO4)CC2)cc1. The van der Waals surface area contributed by atoms with Crippen LogP contribution in [-0.2, 0) is 0 Å². The van der Waals surface area contributed by atoms with E-state index in [1.54, 1.807) is 41.2 Å². The molecule has 27 heavy (non-hydrogen) atoms. The van der Waals surface area contributed by atoms with Crippen LogP contribution in [0.4, 0.5) is 0 Å². The molecule has 0 spiro atoms. The Balaban J connectivity index is 1.39. The van der Waals surface area contributed by atoms with E-state index >= 15 is 0 Å². The monoisotopic (exact) mass is 388 g/mol. The van der Waals surface area contributed by atoms with Crippen LogP contribution in [-0.4, -0.2) is 68.1 Å². The maximum absolute atomic E-state index is 12.8. The van der Waals surface area contributed by atoms with Crippen LogP contribution in [0.2, 0.25) is 0 Å². The summed E-state index contributed by atoms with van der Waals surface area (Å²) in [6, 6.07) is 7.06. The first kappa shape index (κ1) is 17.7. The molecule has 0 N–H and O–H groups in total. The zero-order valence-electron chi connectivity index (χ0n) is 15.0. The number of carbonyl (C=O) groups excluding carboxylic acids is 2. The molecule has 2 aromatic rings. The highest BCUT2D eigenvalue weighted by atomic mass is 32.1. The molecular formula is C19H20N2O5S. The summed E-state index contributed by atoms with van der Waals surface area (Å²) in [5.41, 5.74) is 0.619. The Labute approximate surface area is 161 Å². The highest BCUT2D eigenvalue weighted by Crippen LogP contribution is 2.40. The van der Waals surface area contributed by atoms with Crippen molar-refractivity contribution >= 4 is 23.2 Å². The molecule has 8 heteroatoms. The molecule has 0 unspecified atom stereocenters. The van der Waals surface area contributed by atoms with Crippen LogP contribution < -0.4 is 14.2 Å². The van der Waals surface area contributed by atoms with E-state index < -0.39 is 0 Å². The van der Waals surface area contributed by atoms with Crippen molar-refractivity contribution in [2.24, 2.45) is 0 Å². The van der Waals surface area contributed by atoms with Crippen LogP contribution in [0.15, 0.2) is 29.6 Å². The van der Waals surface area contributed by atoms with E-state index in [1.807, 2.05) is 5.38 Å². The second-order valence-electron chi connectivity index (χ2n) is 6.27. The second kappa shape index (κ2) is 7.48. The molecule has 0 saturated carbocycles. The second-order valence-corrected chi connectivity index (χ2v) is 7.15. The summed E-state index contributed by atoms with van der Waals surface area (Å²) in [7, 11) is 1.59. The van der Waals surface area contributed by atoms with Gasteiger partial charge in [-0.2, -0.15) is 0 Å². The molecule has 0 atom stereocenters. The maximum atomic E-state index is 12.8. The highest BCUT2D eigenvalue weighted by Gasteiger charge is 2.30. The zero-order chi connectivity index (χ0) is 18.8. The molecule has 0 aliphatic carbocycles. The Hall–Kier alpha value is -2.74. The molecule has 142 valence electrons. The summed E-state index contributed by atoms with van der Waals surface area (Å²) in [5, 5.41) is 1.81. The van der Waals surface area contributed by atoms with Gasteiger partial charge in [-0.1, -0.05) is 0 Å². The number of hydrogen-bond donors (Lipinski definition) is 0. The van der Waals surface area contributed by atoms with E-state index in [2.05, 4.69) is 0 Å². The number of nitrogens with zero attached hydrogens (tertiary/aromatic N) is 2. The van der Waals surface area contributed by atoms with Crippen molar-refractivity contribution in [1.82, 2.24) is 9.80 Å². The van der Waals surface area contributed by atoms with Crippen LogP contribution in [0.5, 0.6) is 17.2 Å². The van der Waals surface area contributed by atoms with Crippen molar-refractivity contribution in [1.29, 1.82) is 0 Å². The van der Waals surface area contributed by atoms with E-state index in [0.29, 0.717) is 67.1 Å². The number of piperazine rings is 1. The third kappa shape index (κ3) is 3.44. The van der Waals surface area contributed by atoms with Gasteiger partial charge in [0.25, 0.3) is 11.8 Å². The van der Waals surface area contributed by atoms with Gasteiger partial charge in [0.05, 0.1) is 7.11 Å². The lowest BCUT2D eigenvalue weighted by molar-refractivity contribution is 0.0534. The number of benzene rings is 1. The Morgan fingerprint density at radius 3 is 2.26 bits per heavy atom. The van der Waals surface area contributed by atoms with Crippen molar-refractivity contribution in [3.8, 4) is 17.2 Å². The molecule has 0 bridgehead atoms. The van der Waals surface area contributed by atoms with Crippen molar-refractivity contribution in [3.63, 3.8) is 0 Å². The minimum atomic E-state index is -0.0664. The van der Waals surface area contributed by atoms with E-state index in [9.17, 15) is 9.59 Å². The number of carbonyl (C=O) groups is 2. The van der Waals surface area contributed by atoms with Crippen LogP contribution >= 0.6 is 11.3 Å². The summed E-state index contributed by atoms with van der Waals surface area (Å²) in [4.78, 5) is 29.6. The Bertz CT molecular complexity index is 840. The van der Waals surface area contributed by atoms with Crippen LogP contribution in [0, 0.1) is 0 Å². The maximum Gasteiger partial charge on any atom is 0.268 e. The molecule has 2 aliphatic rings. The molecule has 1 aromatic carbocycles. The lowest BCUT2D eigenvalue weighted by Crippen LogP contribution is -2.50. The van der Waals surface area contributed by atoms with Gasteiger partial charge in [-0.25, -0.2) is 0 Å². The predicted octanol–water partition coefficient (Wildman–Crippen LogP) is 2.13.